The van der Waals surface area contributed by atoms with Gasteiger partial charge in [-0.2, -0.15) is 0 Å². The van der Waals surface area contributed by atoms with Crippen LogP contribution in [0.3, 0.4) is 0 Å². The van der Waals surface area contributed by atoms with Gasteiger partial charge in [-0.25, -0.2) is 0 Å². The number of benzene rings is 1. The van der Waals surface area contributed by atoms with Crippen molar-refractivity contribution in [2.75, 3.05) is 6.61 Å². The molecular weight excluding hydrogens is 238 g/mol. The quantitative estimate of drug-likeness (QED) is 0.848. The van der Waals surface area contributed by atoms with Crippen LogP contribution in [0.15, 0.2) is 47.1 Å². The van der Waals surface area contributed by atoms with Crippen LogP contribution in [0.2, 0.25) is 0 Å². The molecule has 0 amide bonds. The molecule has 2 atom stereocenters. The minimum Gasteiger partial charge on any atom is -0.494 e. The van der Waals surface area contributed by atoms with Gasteiger partial charge >= 0.3 is 0 Å². The van der Waals surface area contributed by atoms with Gasteiger partial charge in [-0.1, -0.05) is 12.1 Å². The summed E-state index contributed by atoms with van der Waals surface area (Å²) in [7, 11) is 0. The van der Waals surface area contributed by atoms with Crippen molar-refractivity contribution in [3.63, 3.8) is 0 Å². The lowest BCUT2D eigenvalue weighted by Gasteiger charge is -2.19. The molecule has 2 rings (SSSR count). The van der Waals surface area contributed by atoms with Crippen molar-refractivity contribution in [1.82, 2.24) is 5.32 Å². The maximum atomic E-state index is 5.45. The molecule has 0 fully saturated rings. The largest absolute Gasteiger partial charge is 0.494 e. The Labute approximate surface area is 114 Å². The Morgan fingerprint density at radius 3 is 2.42 bits per heavy atom. The number of hydrogen-bond acceptors (Lipinski definition) is 3. The summed E-state index contributed by atoms with van der Waals surface area (Å²) in [6, 6.07) is 12.6. The van der Waals surface area contributed by atoms with Gasteiger partial charge in [-0.3, -0.25) is 0 Å². The summed E-state index contributed by atoms with van der Waals surface area (Å²) in [5.41, 5.74) is 1.24. The third kappa shape index (κ3) is 3.61. The van der Waals surface area contributed by atoms with E-state index in [2.05, 4.69) is 31.3 Å². The zero-order chi connectivity index (χ0) is 13.7. The summed E-state index contributed by atoms with van der Waals surface area (Å²) in [6.45, 7) is 6.94. The molecule has 1 unspecified atom stereocenters. The van der Waals surface area contributed by atoms with Gasteiger partial charge in [0.2, 0.25) is 0 Å². The zero-order valence-corrected chi connectivity index (χ0v) is 11.7. The van der Waals surface area contributed by atoms with E-state index in [0.29, 0.717) is 6.61 Å². The smallest absolute Gasteiger partial charge is 0.120 e. The van der Waals surface area contributed by atoms with Gasteiger partial charge in [0.1, 0.15) is 11.5 Å². The summed E-state index contributed by atoms with van der Waals surface area (Å²) in [6.07, 6.45) is 1.70. The SMILES string of the molecule is CCOc1ccc(C(C)N[C@@H](C)c2ccco2)cc1. The van der Waals surface area contributed by atoms with Crippen LogP contribution in [-0.2, 0) is 0 Å². The van der Waals surface area contributed by atoms with Crippen molar-refractivity contribution in [2.24, 2.45) is 0 Å². The summed E-state index contributed by atoms with van der Waals surface area (Å²) in [4.78, 5) is 0. The van der Waals surface area contributed by atoms with E-state index in [-0.39, 0.29) is 12.1 Å². The molecule has 3 heteroatoms. The molecule has 102 valence electrons. The van der Waals surface area contributed by atoms with E-state index in [4.69, 9.17) is 9.15 Å². The Hall–Kier alpha value is -1.74. The molecule has 1 N–H and O–H groups in total. The fourth-order valence-electron chi connectivity index (χ4n) is 2.11. The highest BCUT2D eigenvalue weighted by atomic mass is 16.5. The Balaban J connectivity index is 1.97. The number of nitrogens with one attached hydrogen (secondary N) is 1. The van der Waals surface area contributed by atoms with Crippen LogP contribution < -0.4 is 10.1 Å². The highest BCUT2D eigenvalue weighted by molar-refractivity contribution is 5.29. The van der Waals surface area contributed by atoms with Crippen LogP contribution >= 0.6 is 0 Å². The molecule has 1 aromatic heterocycles. The summed E-state index contributed by atoms with van der Waals surface area (Å²) in [5.74, 6) is 1.87. The van der Waals surface area contributed by atoms with E-state index in [1.54, 1.807) is 6.26 Å². The Morgan fingerprint density at radius 1 is 1.11 bits per heavy atom. The highest BCUT2D eigenvalue weighted by Crippen LogP contribution is 2.21. The van der Waals surface area contributed by atoms with Crippen molar-refractivity contribution in [1.29, 1.82) is 0 Å². The van der Waals surface area contributed by atoms with Gasteiger partial charge in [0.05, 0.1) is 18.9 Å². The fourth-order valence-corrected chi connectivity index (χ4v) is 2.11. The van der Waals surface area contributed by atoms with E-state index in [1.165, 1.54) is 5.56 Å². The second-order valence-corrected chi connectivity index (χ2v) is 4.63. The lowest BCUT2D eigenvalue weighted by molar-refractivity contribution is 0.340. The van der Waals surface area contributed by atoms with Crippen LogP contribution in [0.5, 0.6) is 5.75 Å². The third-order valence-corrected chi connectivity index (χ3v) is 3.16. The molecule has 0 spiro atoms. The second-order valence-electron chi connectivity index (χ2n) is 4.63. The van der Waals surface area contributed by atoms with Crippen molar-refractivity contribution in [3.8, 4) is 5.75 Å². The number of furan rings is 1. The lowest BCUT2D eigenvalue weighted by Crippen LogP contribution is -2.22. The highest BCUT2D eigenvalue weighted by Gasteiger charge is 2.12. The molecule has 0 aliphatic heterocycles. The van der Waals surface area contributed by atoms with Gasteiger partial charge in [0, 0.05) is 6.04 Å². The summed E-state index contributed by atoms with van der Waals surface area (Å²) >= 11 is 0. The average molecular weight is 259 g/mol. The Bertz CT molecular complexity index is 476. The minimum absolute atomic E-state index is 0.191. The Morgan fingerprint density at radius 2 is 1.84 bits per heavy atom. The van der Waals surface area contributed by atoms with Crippen molar-refractivity contribution >= 4 is 0 Å². The molecule has 0 aliphatic rings. The summed E-state index contributed by atoms with van der Waals surface area (Å²) < 4.78 is 10.8. The van der Waals surface area contributed by atoms with E-state index in [1.807, 2.05) is 31.2 Å². The van der Waals surface area contributed by atoms with Crippen molar-refractivity contribution in [2.45, 2.75) is 32.9 Å². The topological polar surface area (TPSA) is 34.4 Å². The van der Waals surface area contributed by atoms with E-state index in [9.17, 15) is 0 Å². The fraction of sp³-hybridized carbons (Fsp3) is 0.375. The van der Waals surface area contributed by atoms with Gasteiger partial charge in [0.25, 0.3) is 0 Å². The van der Waals surface area contributed by atoms with Crippen molar-refractivity contribution < 1.29 is 9.15 Å². The first kappa shape index (κ1) is 13.7. The van der Waals surface area contributed by atoms with Crippen LogP contribution in [0.25, 0.3) is 0 Å². The van der Waals surface area contributed by atoms with Gasteiger partial charge in [-0.15, -0.1) is 0 Å². The maximum absolute atomic E-state index is 5.45. The molecule has 0 aliphatic carbocycles. The number of rotatable bonds is 6. The molecule has 3 nitrogen and oxygen atoms in total. The molecule has 19 heavy (non-hydrogen) atoms. The maximum Gasteiger partial charge on any atom is 0.120 e. The van der Waals surface area contributed by atoms with Gasteiger partial charge in [-0.05, 0) is 50.6 Å². The molecule has 0 saturated carbocycles. The number of ether oxygens (including phenoxy) is 1. The Kier molecular flexibility index (Phi) is 4.63. The first-order chi connectivity index (χ1) is 9.20. The molecule has 0 saturated heterocycles. The monoisotopic (exact) mass is 259 g/mol. The van der Waals surface area contributed by atoms with Crippen molar-refractivity contribution in [3.05, 3.63) is 54.0 Å². The van der Waals surface area contributed by atoms with E-state index in [0.717, 1.165) is 11.5 Å². The van der Waals surface area contributed by atoms with Crippen LogP contribution in [0, 0.1) is 0 Å². The molecule has 0 radical (unpaired) electrons. The zero-order valence-electron chi connectivity index (χ0n) is 11.7. The standard InChI is InChI=1S/C16H21NO2/c1-4-18-15-9-7-14(8-10-15)12(2)17-13(3)16-6-5-11-19-16/h5-13,17H,4H2,1-3H3/t12?,13-/m0/s1. The molecular formula is C16H21NO2. The minimum atomic E-state index is 0.191. The molecule has 2 aromatic rings. The number of hydrogen-bond donors (Lipinski definition) is 1. The molecule has 1 heterocycles. The van der Waals surface area contributed by atoms with Crippen LogP contribution in [0.1, 0.15) is 44.2 Å². The van der Waals surface area contributed by atoms with E-state index < -0.39 is 0 Å². The predicted molar refractivity (Wildman–Crippen MR) is 76.3 cm³/mol. The third-order valence-electron chi connectivity index (χ3n) is 3.16. The van der Waals surface area contributed by atoms with Gasteiger partial charge < -0.3 is 14.5 Å². The first-order valence-electron chi connectivity index (χ1n) is 6.73. The first-order valence-corrected chi connectivity index (χ1v) is 6.73. The average Bonchev–Trinajstić information content (AvgIpc) is 2.94. The van der Waals surface area contributed by atoms with Crippen LogP contribution in [0.4, 0.5) is 0 Å². The van der Waals surface area contributed by atoms with Crippen LogP contribution in [-0.4, -0.2) is 6.61 Å². The normalized spacial score (nSPS) is 14.1. The second kappa shape index (κ2) is 6.43. The van der Waals surface area contributed by atoms with Gasteiger partial charge in [0.15, 0.2) is 0 Å². The predicted octanol–water partition coefficient (Wildman–Crippen LogP) is 4.09. The molecule has 1 aromatic carbocycles. The lowest BCUT2D eigenvalue weighted by atomic mass is 10.1. The molecule has 0 bridgehead atoms. The van der Waals surface area contributed by atoms with E-state index >= 15 is 0 Å². The summed E-state index contributed by atoms with van der Waals surface area (Å²) in [5, 5.41) is 3.52.